The molecular formula is C15H14F2N2S. The fraction of sp³-hybridized carbons (Fsp3) is 0.133. The van der Waals surface area contributed by atoms with Crippen molar-refractivity contribution in [1.29, 1.82) is 0 Å². The summed E-state index contributed by atoms with van der Waals surface area (Å²) in [5.74, 6) is -0.513. The van der Waals surface area contributed by atoms with Crippen molar-refractivity contribution in [3.05, 3.63) is 65.7 Å². The first-order chi connectivity index (χ1) is 9.65. The van der Waals surface area contributed by atoms with E-state index in [2.05, 4.69) is 10.6 Å². The molecule has 0 saturated carbocycles. The number of nitrogens with one attached hydrogen (secondary N) is 2. The highest BCUT2D eigenvalue weighted by Gasteiger charge is 2.01. The van der Waals surface area contributed by atoms with Gasteiger partial charge in [0.25, 0.3) is 0 Å². The second kappa shape index (κ2) is 6.96. The van der Waals surface area contributed by atoms with Crippen molar-refractivity contribution >= 4 is 23.0 Å². The predicted octanol–water partition coefficient (Wildman–Crippen LogP) is 3.49. The average molecular weight is 292 g/mol. The van der Waals surface area contributed by atoms with E-state index in [-0.39, 0.29) is 11.6 Å². The molecule has 2 aromatic rings. The molecule has 0 saturated heterocycles. The van der Waals surface area contributed by atoms with Crippen LogP contribution < -0.4 is 10.6 Å². The minimum atomic E-state index is -0.297. The molecule has 104 valence electrons. The number of benzene rings is 2. The minimum Gasteiger partial charge on any atom is -0.362 e. The second-order valence-electron chi connectivity index (χ2n) is 4.23. The second-order valence-corrected chi connectivity index (χ2v) is 4.64. The first-order valence-electron chi connectivity index (χ1n) is 6.19. The third kappa shape index (κ3) is 4.28. The van der Waals surface area contributed by atoms with Gasteiger partial charge in [-0.25, -0.2) is 8.78 Å². The summed E-state index contributed by atoms with van der Waals surface area (Å²) >= 11 is 5.11. The molecular weight excluding hydrogens is 278 g/mol. The minimum absolute atomic E-state index is 0.216. The Morgan fingerprint density at radius 3 is 2.40 bits per heavy atom. The standard InChI is InChI=1S/C15H14F2N2S/c16-12-5-7-13(8-6-12)19-15(20)18-10-9-11-3-1-2-4-14(11)17/h1-8H,9-10H2,(H2,18,19,20). The number of anilines is 1. The van der Waals surface area contributed by atoms with Gasteiger partial charge in [-0.1, -0.05) is 18.2 Å². The van der Waals surface area contributed by atoms with Crippen LogP contribution in [0.4, 0.5) is 14.5 Å². The summed E-state index contributed by atoms with van der Waals surface area (Å²) in [5.41, 5.74) is 1.35. The summed E-state index contributed by atoms with van der Waals surface area (Å²) in [6.45, 7) is 0.522. The van der Waals surface area contributed by atoms with E-state index < -0.39 is 0 Å². The lowest BCUT2D eigenvalue weighted by molar-refractivity contribution is 0.607. The third-order valence-electron chi connectivity index (χ3n) is 2.74. The maximum absolute atomic E-state index is 13.4. The van der Waals surface area contributed by atoms with Crippen molar-refractivity contribution in [2.24, 2.45) is 0 Å². The summed E-state index contributed by atoms with van der Waals surface area (Å²) in [5, 5.41) is 6.34. The number of halogens is 2. The van der Waals surface area contributed by atoms with E-state index >= 15 is 0 Å². The van der Waals surface area contributed by atoms with Gasteiger partial charge in [0.2, 0.25) is 0 Å². The fourth-order valence-corrected chi connectivity index (χ4v) is 1.94. The molecule has 0 unspecified atom stereocenters. The molecule has 0 bridgehead atoms. The lowest BCUT2D eigenvalue weighted by Crippen LogP contribution is -2.30. The lowest BCUT2D eigenvalue weighted by Gasteiger charge is -2.10. The maximum atomic E-state index is 13.4. The molecule has 0 aliphatic heterocycles. The molecule has 0 aliphatic rings. The maximum Gasteiger partial charge on any atom is 0.170 e. The van der Waals surface area contributed by atoms with E-state index in [1.807, 2.05) is 0 Å². The van der Waals surface area contributed by atoms with Crippen LogP contribution >= 0.6 is 12.2 Å². The predicted molar refractivity (Wildman–Crippen MR) is 80.7 cm³/mol. The van der Waals surface area contributed by atoms with Crippen LogP contribution in [0.25, 0.3) is 0 Å². The Morgan fingerprint density at radius 1 is 1.00 bits per heavy atom. The number of hydrogen-bond acceptors (Lipinski definition) is 1. The highest BCUT2D eigenvalue weighted by molar-refractivity contribution is 7.80. The molecule has 0 fully saturated rings. The summed E-state index contributed by atoms with van der Waals surface area (Å²) in [6.07, 6.45) is 0.540. The number of hydrogen-bond donors (Lipinski definition) is 2. The highest BCUT2D eigenvalue weighted by Crippen LogP contribution is 2.08. The molecule has 2 N–H and O–H groups in total. The van der Waals surface area contributed by atoms with Crippen LogP contribution in [-0.2, 0) is 6.42 Å². The van der Waals surface area contributed by atoms with Gasteiger partial charge in [-0.05, 0) is 54.5 Å². The van der Waals surface area contributed by atoms with Crippen molar-refractivity contribution in [2.75, 3.05) is 11.9 Å². The van der Waals surface area contributed by atoms with E-state index in [0.29, 0.717) is 29.3 Å². The molecule has 2 rings (SSSR count). The third-order valence-corrected chi connectivity index (χ3v) is 2.99. The first kappa shape index (κ1) is 14.4. The van der Waals surface area contributed by atoms with Crippen molar-refractivity contribution in [2.45, 2.75) is 6.42 Å². The van der Waals surface area contributed by atoms with E-state index in [1.54, 1.807) is 30.3 Å². The molecule has 5 heteroatoms. The van der Waals surface area contributed by atoms with Crippen LogP contribution in [-0.4, -0.2) is 11.7 Å². The molecule has 0 radical (unpaired) electrons. The monoisotopic (exact) mass is 292 g/mol. The van der Waals surface area contributed by atoms with E-state index in [0.717, 1.165) is 0 Å². The zero-order valence-corrected chi connectivity index (χ0v) is 11.5. The fourth-order valence-electron chi connectivity index (χ4n) is 1.72. The molecule has 0 amide bonds. The van der Waals surface area contributed by atoms with Crippen LogP contribution in [0.1, 0.15) is 5.56 Å². The van der Waals surface area contributed by atoms with Crippen molar-refractivity contribution in [1.82, 2.24) is 5.32 Å². The van der Waals surface area contributed by atoms with E-state index in [9.17, 15) is 8.78 Å². The Hall–Kier alpha value is -2.01. The van der Waals surface area contributed by atoms with Gasteiger partial charge in [0.15, 0.2) is 5.11 Å². The molecule has 0 atom stereocenters. The Morgan fingerprint density at radius 2 is 1.70 bits per heavy atom. The molecule has 20 heavy (non-hydrogen) atoms. The van der Waals surface area contributed by atoms with Gasteiger partial charge in [0.05, 0.1) is 0 Å². The number of thiocarbonyl (C=S) groups is 1. The van der Waals surface area contributed by atoms with Gasteiger partial charge in [0, 0.05) is 12.2 Å². The van der Waals surface area contributed by atoms with Gasteiger partial charge in [0.1, 0.15) is 11.6 Å². The highest BCUT2D eigenvalue weighted by atomic mass is 32.1. The topological polar surface area (TPSA) is 24.1 Å². The van der Waals surface area contributed by atoms with Crippen LogP contribution in [0.15, 0.2) is 48.5 Å². The summed E-state index contributed by atoms with van der Waals surface area (Å²) in [7, 11) is 0. The lowest BCUT2D eigenvalue weighted by atomic mass is 10.1. The van der Waals surface area contributed by atoms with Gasteiger partial charge < -0.3 is 10.6 Å². The summed E-state index contributed by atoms with van der Waals surface area (Å²) < 4.78 is 26.1. The molecule has 0 heterocycles. The molecule has 0 spiro atoms. The largest absolute Gasteiger partial charge is 0.362 e. The Labute approximate surface area is 121 Å². The summed E-state index contributed by atoms with van der Waals surface area (Å²) in [6, 6.07) is 12.5. The van der Waals surface area contributed by atoms with Crippen molar-refractivity contribution in [3.8, 4) is 0 Å². The van der Waals surface area contributed by atoms with Gasteiger partial charge >= 0.3 is 0 Å². The van der Waals surface area contributed by atoms with Gasteiger partial charge in [-0.15, -0.1) is 0 Å². The van der Waals surface area contributed by atoms with Crippen molar-refractivity contribution in [3.63, 3.8) is 0 Å². The summed E-state index contributed by atoms with van der Waals surface area (Å²) in [4.78, 5) is 0. The van der Waals surface area contributed by atoms with Gasteiger partial charge in [-0.2, -0.15) is 0 Å². The number of rotatable bonds is 4. The van der Waals surface area contributed by atoms with Gasteiger partial charge in [-0.3, -0.25) is 0 Å². The van der Waals surface area contributed by atoms with Crippen LogP contribution in [0.5, 0.6) is 0 Å². The average Bonchev–Trinajstić information content (AvgIpc) is 2.43. The van der Waals surface area contributed by atoms with E-state index in [1.165, 1.54) is 18.2 Å². The van der Waals surface area contributed by atoms with E-state index in [4.69, 9.17) is 12.2 Å². The quantitative estimate of drug-likeness (QED) is 0.844. The molecule has 0 aliphatic carbocycles. The first-order valence-corrected chi connectivity index (χ1v) is 6.60. The zero-order chi connectivity index (χ0) is 14.4. The Bertz CT molecular complexity index is 585. The smallest absolute Gasteiger partial charge is 0.170 e. The van der Waals surface area contributed by atoms with Crippen LogP contribution in [0.3, 0.4) is 0 Å². The van der Waals surface area contributed by atoms with Crippen molar-refractivity contribution < 1.29 is 8.78 Å². The Kier molecular flexibility index (Phi) is 5.01. The molecule has 2 nitrogen and oxygen atoms in total. The SMILES string of the molecule is Fc1ccc(NC(=S)NCCc2ccccc2F)cc1. The molecule has 0 aromatic heterocycles. The van der Waals surface area contributed by atoms with Crippen LogP contribution in [0.2, 0.25) is 0 Å². The Balaban J connectivity index is 1.78. The molecule has 2 aromatic carbocycles. The zero-order valence-electron chi connectivity index (χ0n) is 10.7. The van der Waals surface area contributed by atoms with Crippen LogP contribution in [0, 0.1) is 11.6 Å². The normalized spacial score (nSPS) is 10.1.